The maximum atomic E-state index is 11.6. The van der Waals surface area contributed by atoms with Crippen LogP contribution < -0.4 is 5.32 Å². The van der Waals surface area contributed by atoms with E-state index >= 15 is 0 Å². The predicted molar refractivity (Wildman–Crippen MR) is 62.7 cm³/mol. The van der Waals surface area contributed by atoms with Crippen molar-refractivity contribution < 1.29 is 4.79 Å². The Bertz CT molecular complexity index is 394. The standard InChI is InChI=1S/C11H15N3OS/c1-3-4-9(5-12)11(15)13-6-10-7-16-8(2)14-10/h7,9H,3-4,6H2,1-2H3,(H,13,15). The van der Waals surface area contributed by atoms with E-state index in [0.717, 1.165) is 17.1 Å². The quantitative estimate of drug-likeness (QED) is 0.851. The Hall–Kier alpha value is -1.41. The van der Waals surface area contributed by atoms with Crippen LogP contribution in [0.2, 0.25) is 0 Å². The fraction of sp³-hybridized carbons (Fsp3) is 0.545. The lowest BCUT2D eigenvalue weighted by molar-refractivity contribution is -0.123. The molecule has 0 aliphatic rings. The van der Waals surface area contributed by atoms with Crippen LogP contribution in [0, 0.1) is 24.2 Å². The zero-order valence-corrected chi connectivity index (χ0v) is 10.3. The van der Waals surface area contributed by atoms with E-state index in [2.05, 4.69) is 10.3 Å². The molecule has 0 bridgehead atoms. The van der Waals surface area contributed by atoms with Gasteiger partial charge in [-0.1, -0.05) is 13.3 Å². The highest BCUT2D eigenvalue weighted by atomic mass is 32.1. The molecule has 86 valence electrons. The molecular formula is C11H15N3OS. The lowest BCUT2D eigenvalue weighted by Crippen LogP contribution is -2.29. The molecule has 0 aliphatic carbocycles. The van der Waals surface area contributed by atoms with Crippen LogP contribution in [0.1, 0.15) is 30.5 Å². The van der Waals surface area contributed by atoms with Crippen LogP contribution in [-0.4, -0.2) is 10.9 Å². The number of hydrogen-bond donors (Lipinski definition) is 1. The lowest BCUT2D eigenvalue weighted by Gasteiger charge is -2.07. The first-order chi connectivity index (χ1) is 7.67. The smallest absolute Gasteiger partial charge is 0.237 e. The predicted octanol–water partition coefficient (Wildman–Crippen LogP) is 2.01. The molecule has 0 aliphatic heterocycles. The minimum absolute atomic E-state index is 0.199. The molecule has 0 spiro atoms. The lowest BCUT2D eigenvalue weighted by atomic mass is 10.1. The highest BCUT2D eigenvalue weighted by Gasteiger charge is 2.16. The molecule has 1 atom stereocenters. The van der Waals surface area contributed by atoms with E-state index in [9.17, 15) is 4.79 Å². The first-order valence-electron chi connectivity index (χ1n) is 5.25. The SMILES string of the molecule is CCCC(C#N)C(=O)NCc1csc(C)n1. The van der Waals surface area contributed by atoms with Crippen molar-refractivity contribution in [3.05, 3.63) is 16.1 Å². The van der Waals surface area contributed by atoms with E-state index in [-0.39, 0.29) is 5.91 Å². The van der Waals surface area contributed by atoms with Gasteiger partial charge in [-0.05, 0) is 13.3 Å². The Morgan fingerprint density at radius 2 is 2.50 bits per heavy atom. The zero-order chi connectivity index (χ0) is 12.0. The molecule has 1 amide bonds. The number of carbonyl (C=O) groups is 1. The normalized spacial score (nSPS) is 11.8. The van der Waals surface area contributed by atoms with Crippen molar-refractivity contribution in [2.45, 2.75) is 33.2 Å². The van der Waals surface area contributed by atoms with Crippen molar-refractivity contribution in [1.82, 2.24) is 10.3 Å². The summed E-state index contributed by atoms with van der Waals surface area (Å²) in [6, 6.07) is 2.01. The van der Waals surface area contributed by atoms with Crippen molar-refractivity contribution in [1.29, 1.82) is 5.26 Å². The van der Waals surface area contributed by atoms with Crippen LogP contribution in [0.3, 0.4) is 0 Å². The number of thiazole rings is 1. The van der Waals surface area contributed by atoms with Crippen LogP contribution in [0.5, 0.6) is 0 Å². The van der Waals surface area contributed by atoms with E-state index in [0.29, 0.717) is 13.0 Å². The minimum Gasteiger partial charge on any atom is -0.349 e. The average molecular weight is 237 g/mol. The molecule has 1 aromatic rings. The van der Waals surface area contributed by atoms with Gasteiger partial charge in [0.15, 0.2) is 0 Å². The van der Waals surface area contributed by atoms with Crippen molar-refractivity contribution in [2.24, 2.45) is 5.92 Å². The Labute approximate surface area is 99.3 Å². The van der Waals surface area contributed by atoms with Gasteiger partial charge in [0.1, 0.15) is 5.92 Å². The molecule has 1 heterocycles. The molecule has 0 saturated carbocycles. The van der Waals surface area contributed by atoms with Crippen LogP contribution in [0.15, 0.2) is 5.38 Å². The first kappa shape index (κ1) is 12.7. The van der Waals surface area contributed by atoms with Gasteiger partial charge in [-0.3, -0.25) is 4.79 Å². The summed E-state index contributed by atoms with van der Waals surface area (Å²) in [4.78, 5) is 15.8. The van der Waals surface area contributed by atoms with Crippen molar-refractivity contribution in [3.8, 4) is 6.07 Å². The third-order valence-electron chi connectivity index (χ3n) is 2.16. The second kappa shape index (κ2) is 6.23. The molecule has 0 fully saturated rings. The number of nitrogens with zero attached hydrogens (tertiary/aromatic N) is 2. The number of amides is 1. The van der Waals surface area contributed by atoms with Crippen molar-refractivity contribution in [2.75, 3.05) is 0 Å². The largest absolute Gasteiger partial charge is 0.349 e. The average Bonchev–Trinajstić information content (AvgIpc) is 2.68. The second-order valence-corrected chi connectivity index (χ2v) is 4.61. The molecule has 0 saturated heterocycles. The van der Waals surface area contributed by atoms with Gasteiger partial charge in [0.25, 0.3) is 0 Å². The highest BCUT2D eigenvalue weighted by Crippen LogP contribution is 2.09. The Kier molecular flexibility index (Phi) is 4.93. The summed E-state index contributed by atoms with van der Waals surface area (Å²) in [7, 11) is 0. The number of rotatable bonds is 5. The van der Waals surface area contributed by atoms with Gasteiger partial charge in [-0.2, -0.15) is 5.26 Å². The number of nitriles is 1. The molecule has 1 aromatic heterocycles. The zero-order valence-electron chi connectivity index (χ0n) is 9.49. The number of hydrogen-bond acceptors (Lipinski definition) is 4. The molecule has 0 aromatic carbocycles. The summed E-state index contributed by atoms with van der Waals surface area (Å²) >= 11 is 1.55. The molecule has 4 nitrogen and oxygen atoms in total. The summed E-state index contributed by atoms with van der Waals surface area (Å²) in [5.41, 5.74) is 0.851. The summed E-state index contributed by atoms with van der Waals surface area (Å²) in [5.74, 6) is -0.736. The molecule has 5 heteroatoms. The molecular weight excluding hydrogens is 222 g/mol. The number of carbonyl (C=O) groups excluding carboxylic acids is 1. The van der Waals surface area contributed by atoms with E-state index in [1.807, 2.05) is 25.3 Å². The van der Waals surface area contributed by atoms with Gasteiger partial charge >= 0.3 is 0 Å². The highest BCUT2D eigenvalue weighted by molar-refractivity contribution is 7.09. The first-order valence-corrected chi connectivity index (χ1v) is 6.13. The van der Waals surface area contributed by atoms with E-state index in [4.69, 9.17) is 5.26 Å². The molecule has 0 radical (unpaired) electrons. The Balaban J connectivity index is 2.43. The minimum atomic E-state index is -0.537. The van der Waals surface area contributed by atoms with Crippen LogP contribution in [0.4, 0.5) is 0 Å². The maximum absolute atomic E-state index is 11.6. The monoisotopic (exact) mass is 237 g/mol. The van der Waals surface area contributed by atoms with Gasteiger partial charge in [-0.25, -0.2) is 4.98 Å². The topological polar surface area (TPSA) is 65.8 Å². The molecule has 1 N–H and O–H groups in total. The van der Waals surface area contributed by atoms with Crippen molar-refractivity contribution in [3.63, 3.8) is 0 Å². The Morgan fingerprint density at radius 3 is 3.00 bits per heavy atom. The van der Waals surface area contributed by atoms with Gasteiger partial charge in [0.05, 0.1) is 23.3 Å². The van der Waals surface area contributed by atoms with Crippen LogP contribution >= 0.6 is 11.3 Å². The molecule has 1 unspecified atom stereocenters. The van der Waals surface area contributed by atoms with Gasteiger partial charge < -0.3 is 5.32 Å². The number of aryl methyl sites for hydroxylation is 1. The van der Waals surface area contributed by atoms with Gasteiger partial charge in [0.2, 0.25) is 5.91 Å². The van der Waals surface area contributed by atoms with Crippen LogP contribution in [-0.2, 0) is 11.3 Å². The summed E-state index contributed by atoms with van der Waals surface area (Å²) in [5, 5.41) is 14.4. The number of aromatic nitrogens is 1. The maximum Gasteiger partial charge on any atom is 0.237 e. The van der Waals surface area contributed by atoms with Crippen LogP contribution in [0.25, 0.3) is 0 Å². The summed E-state index contributed by atoms with van der Waals surface area (Å²) in [6.07, 6.45) is 1.44. The van der Waals surface area contributed by atoms with Crippen molar-refractivity contribution >= 4 is 17.2 Å². The van der Waals surface area contributed by atoms with Gasteiger partial charge in [0, 0.05) is 5.38 Å². The molecule has 16 heavy (non-hydrogen) atoms. The van der Waals surface area contributed by atoms with E-state index in [1.165, 1.54) is 0 Å². The fourth-order valence-corrected chi connectivity index (χ4v) is 1.95. The summed E-state index contributed by atoms with van der Waals surface area (Å²) < 4.78 is 0. The van der Waals surface area contributed by atoms with E-state index < -0.39 is 5.92 Å². The second-order valence-electron chi connectivity index (χ2n) is 3.55. The summed E-state index contributed by atoms with van der Waals surface area (Å²) in [6.45, 7) is 4.29. The number of nitrogens with one attached hydrogen (secondary N) is 1. The third-order valence-corrected chi connectivity index (χ3v) is 2.98. The van der Waals surface area contributed by atoms with Gasteiger partial charge in [-0.15, -0.1) is 11.3 Å². The Morgan fingerprint density at radius 1 is 1.75 bits per heavy atom. The molecule has 1 rings (SSSR count). The van der Waals surface area contributed by atoms with E-state index in [1.54, 1.807) is 11.3 Å². The third kappa shape index (κ3) is 3.63. The fourth-order valence-electron chi connectivity index (χ4n) is 1.33.